The van der Waals surface area contributed by atoms with Crippen LogP contribution >= 0.6 is 12.2 Å². The largest absolute Gasteiger partial charge is 0.396 e. The van der Waals surface area contributed by atoms with Crippen molar-refractivity contribution in [2.24, 2.45) is 0 Å². The number of nitrogens with zero attached hydrogens (tertiary/aromatic N) is 1. The second-order valence-corrected chi connectivity index (χ2v) is 7.08. The predicted octanol–water partition coefficient (Wildman–Crippen LogP) is 3.00. The lowest BCUT2D eigenvalue weighted by Crippen LogP contribution is -2.41. The summed E-state index contributed by atoms with van der Waals surface area (Å²) in [6.45, 7) is 8.13. The molecular formula is C20H29N3O2S. The molecule has 2 aromatic rings. The van der Waals surface area contributed by atoms with Gasteiger partial charge < -0.3 is 20.3 Å². The van der Waals surface area contributed by atoms with E-state index < -0.39 is 0 Å². The predicted molar refractivity (Wildman–Crippen MR) is 112 cm³/mol. The number of fused-ring (bicyclic) bond motifs is 1. The molecule has 0 saturated heterocycles. The van der Waals surface area contributed by atoms with Gasteiger partial charge in [0, 0.05) is 30.6 Å². The van der Waals surface area contributed by atoms with Crippen molar-refractivity contribution in [3.05, 3.63) is 45.2 Å². The van der Waals surface area contributed by atoms with Crippen molar-refractivity contribution in [2.45, 2.75) is 46.6 Å². The highest BCUT2D eigenvalue weighted by molar-refractivity contribution is 7.80. The monoisotopic (exact) mass is 375 g/mol. The smallest absolute Gasteiger partial charge is 0.253 e. The topological polar surface area (TPSA) is 68.4 Å². The molecule has 0 atom stereocenters. The van der Waals surface area contributed by atoms with E-state index in [1.54, 1.807) is 0 Å². The summed E-state index contributed by atoms with van der Waals surface area (Å²) in [6.07, 6.45) is 2.75. The fourth-order valence-corrected chi connectivity index (χ4v) is 3.20. The minimum atomic E-state index is -0.0865. The van der Waals surface area contributed by atoms with Crippen molar-refractivity contribution < 1.29 is 5.11 Å². The van der Waals surface area contributed by atoms with Gasteiger partial charge in [-0.2, -0.15) is 0 Å². The van der Waals surface area contributed by atoms with Crippen LogP contribution < -0.4 is 10.9 Å². The Labute approximate surface area is 160 Å². The van der Waals surface area contributed by atoms with E-state index >= 15 is 0 Å². The van der Waals surface area contributed by atoms with Crippen molar-refractivity contribution in [2.75, 3.05) is 19.7 Å². The third-order valence-corrected chi connectivity index (χ3v) is 4.96. The van der Waals surface area contributed by atoms with Gasteiger partial charge in [0.1, 0.15) is 0 Å². The molecule has 0 radical (unpaired) electrons. The lowest BCUT2D eigenvalue weighted by atomic mass is 10.0. The van der Waals surface area contributed by atoms with E-state index in [0.29, 0.717) is 30.2 Å². The summed E-state index contributed by atoms with van der Waals surface area (Å²) in [7, 11) is 0. The number of aromatic nitrogens is 1. The third-order valence-electron chi connectivity index (χ3n) is 4.56. The van der Waals surface area contributed by atoms with Gasteiger partial charge in [-0.3, -0.25) is 4.79 Å². The summed E-state index contributed by atoms with van der Waals surface area (Å²) < 4.78 is 0. The van der Waals surface area contributed by atoms with Crippen molar-refractivity contribution >= 4 is 28.2 Å². The van der Waals surface area contributed by atoms with Crippen LogP contribution in [0.4, 0.5) is 0 Å². The zero-order valence-electron chi connectivity index (χ0n) is 15.9. The summed E-state index contributed by atoms with van der Waals surface area (Å²) in [4.78, 5) is 17.6. The Morgan fingerprint density at radius 3 is 2.69 bits per heavy atom. The van der Waals surface area contributed by atoms with E-state index in [2.05, 4.69) is 23.3 Å². The van der Waals surface area contributed by atoms with E-state index in [1.807, 2.05) is 30.9 Å². The minimum Gasteiger partial charge on any atom is -0.396 e. The molecule has 3 N–H and O–H groups in total. The van der Waals surface area contributed by atoms with Gasteiger partial charge >= 0.3 is 0 Å². The fraction of sp³-hybridized carbons (Fsp3) is 0.500. The first-order valence-electron chi connectivity index (χ1n) is 9.23. The maximum absolute atomic E-state index is 12.6. The fourth-order valence-electron chi connectivity index (χ4n) is 2.94. The summed E-state index contributed by atoms with van der Waals surface area (Å²) in [6, 6.07) is 6.06. The first-order valence-corrected chi connectivity index (χ1v) is 9.64. The molecule has 5 nitrogen and oxygen atoms in total. The van der Waals surface area contributed by atoms with E-state index in [9.17, 15) is 9.90 Å². The van der Waals surface area contributed by atoms with E-state index in [0.717, 1.165) is 41.4 Å². The zero-order chi connectivity index (χ0) is 19.1. The standard InChI is InChI=1S/C20H29N3O2S/c1-4-5-9-21-20(26)23(10-6-11-24)13-16-12-17-14(2)7-8-15(3)18(17)22-19(16)25/h7-8,12,24H,4-6,9-11,13H2,1-3H3,(H,21,26)(H,22,25). The highest BCUT2D eigenvalue weighted by Gasteiger charge is 2.14. The molecule has 0 fully saturated rings. The summed E-state index contributed by atoms with van der Waals surface area (Å²) in [5.74, 6) is 0. The molecule has 0 aliphatic rings. The van der Waals surface area contributed by atoms with Crippen LogP contribution in [0.1, 0.15) is 42.9 Å². The Kier molecular flexibility index (Phi) is 7.60. The Bertz CT molecular complexity index is 817. The molecule has 26 heavy (non-hydrogen) atoms. The molecule has 0 aliphatic heterocycles. The maximum Gasteiger partial charge on any atom is 0.253 e. The second-order valence-electron chi connectivity index (χ2n) is 6.70. The molecule has 0 bridgehead atoms. The van der Waals surface area contributed by atoms with Crippen LogP contribution in [0.5, 0.6) is 0 Å². The molecule has 1 aromatic heterocycles. The summed E-state index contributed by atoms with van der Waals surface area (Å²) in [5.41, 5.74) is 3.68. The van der Waals surface area contributed by atoms with Crippen LogP contribution in [0.2, 0.25) is 0 Å². The molecule has 1 heterocycles. The normalized spacial score (nSPS) is 10.9. The number of thiocarbonyl (C=S) groups is 1. The third kappa shape index (κ3) is 5.05. The average Bonchev–Trinajstić information content (AvgIpc) is 2.62. The molecule has 0 unspecified atom stereocenters. The molecule has 142 valence electrons. The summed E-state index contributed by atoms with van der Waals surface area (Å²) in [5, 5.41) is 14.1. The van der Waals surface area contributed by atoms with Crippen molar-refractivity contribution in [1.29, 1.82) is 0 Å². The number of aliphatic hydroxyl groups is 1. The van der Waals surface area contributed by atoms with Crippen molar-refractivity contribution in [3.8, 4) is 0 Å². The first kappa shape index (κ1) is 20.4. The lowest BCUT2D eigenvalue weighted by Gasteiger charge is -2.25. The molecule has 0 spiro atoms. The first-order chi connectivity index (χ1) is 12.5. The summed E-state index contributed by atoms with van der Waals surface area (Å²) >= 11 is 5.51. The SMILES string of the molecule is CCCCNC(=S)N(CCCO)Cc1cc2c(C)ccc(C)c2[nH]c1=O. The van der Waals surface area contributed by atoms with Crippen molar-refractivity contribution in [3.63, 3.8) is 0 Å². The number of nitrogens with one attached hydrogen (secondary N) is 2. The lowest BCUT2D eigenvalue weighted by molar-refractivity contribution is 0.264. The Hall–Kier alpha value is -1.92. The number of hydrogen-bond donors (Lipinski definition) is 3. The number of benzene rings is 1. The number of rotatable bonds is 8. The molecule has 2 rings (SSSR count). The molecule has 0 saturated carbocycles. The van der Waals surface area contributed by atoms with Crippen LogP contribution in [0.25, 0.3) is 10.9 Å². The van der Waals surface area contributed by atoms with Gasteiger partial charge in [-0.05, 0) is 56.1 Å². The van der Waals surface area contributed by atoms with Gasteiger partial charge in [0.05, 0.1) is 12.1 Å². The van der Waals surface area contributed by atoms with Crippen LogP contribution in [0.3, 0.4) is 0 Å². The average molecular weight is 376 g/mol. The van der Waals surface area contributed by atoms with E-state index in [4.69, 9.17) is 12.2 Å². The molecular weight excluding hydrogens is 346 g/mol. The van der Waals surface area contributed by atoms with E-state index in [1.165, 1.54) is 0 Å². The van der Waals surface area contributed by atoms with Gasteiger partial charge in [0.25, 0.3) is 5.56 Å². The molecule has 6 heteroatoms. The van der Waals surface area contributed by atoms with Gasteiger partial charge in [-0.1, -0.05) is 25.5 Å². The Morgan fingerprint density at radius 1 is 1.27 bits per heavy atom. The molecule has 0 amide bonds. The van der Waals surface area contributed by atoms with Crippen LogP contribution in [0.15, 0.2) is 23.0 Å². The molecule has 1 aromatic carbocycles. The number of pyridine rings is 1. The quantitative estimate of drug-likeness (QED) is 0.489. The number of H-pyrrole nitrogens is 1. The molecule has 0 aliphatic carbocycles. The number of unbranched alkanes of at least 4 members (excludes halogenated alkanes) is 1. The Balaban J connectivity index is 2.29. The van der Waals surface area contributed by atoms with Crippen LogP contribution in [0, 0.1) is 13.8 Å². The van der Waals surface area contributed by atoms with Gasteiger partial charge in [-0.15, -0.1) is 0 Å². The number of aromatic amines is 1. The Morgan fingerprint density at radius 2 is 2.00 bits per heavy atom. The second kappa shape index (κ2) is 9.69. The van der Waals surface area contributed by atoms with Crippen LogP contribution in [-0.4, -0.2) is 39.8 Å². The van der Waals surface area contributed by atoms with Gasteiger partial charge in [-0.25, -0.2) is 0 Å². The minimum absolute atomic E-state index is 0.0865. The number of hydrogen-bond acceptors (Lipinski definition) is 3. The zero-order valence-corrected chi connectivity index (χ0v) is 16.7. The van der Waals surface area contributed by atoms with Gasteiger partial charge in [0.2, 0.25) is 0 Å². The highest BCUT2D eigenvalue weighted by Crippen LogP contribution is 2.20. The number of aliphatic hydroxyl groups excluding tert-OH is 1. The highest BCUT2D eigenvalue weighted by atomic mass is 32.1. The van der Waals surface area contributed by atoms with Crippen LogP contribution in [-0.2, 0) is 6.54 Å². The van der Waals surface area contributed by atoms with Crippen molar-refractivity contribution in [1.82, 2.24) is 15.2 Å². The van der Waals surface area contributed by atoms with Gasteiger partial charge in [0.15, 0.2) is 5.11 Å². The maximum atomic E-state index is 12.6. The number of aryl methyl sites for hydroxylation is 2. The van der Waals surface area contributed by atoms with E-state index in [-0.39, 0.29) is 12.2 Å².